The third kappa shape index (κ3) is 7.27. The summed E-state index contributed by atoms with van der Waals surface area (Å²) in [6.45, 7) is 2.30. The van der Waals surface area contributed by atoms with E-state index in [0.717, 1.165) is 4.90 Å². The number of amides is 3. The van der Waals surface area contributed by atoms with Crippen molar-refractivity contribution in [2.45, 2.75) is 6.42 Å². The molecule has 0 aromatic heterocycles. The fourth-order valence-electron chi connectivity index (χ4n) is 1.59. The van der Waals surface area contributed by atoms with Gasteiger partial charge in [0, 0.05) is 12.2 Å². The maximum Gasteiger partial charge on any atom is 0.253 e. The van der Waals surface area contributed by atoms with E-state index in [9.17, 15) is 14.4 Å². The van der Waals surface area contributed by atoms with E-state index in [-0.39, 0.29) is 43.9 Å². The van der Waals surface area contributed by atoms with Crippen molar-refractivity contribution in [1.82, 2.24) is 10.3 Å². The summed E-state index contributed by atoms with van der Waals surface area (Å²) in [6.07, 6.45) is 2.69. The molecule has 0 fully saturated rings. The number of rotatable bonds is 12. The van der Waals surface area contributed by atoms with Gasteiger partial charge in [0.2, 0.25) is 5.91 Å². The molecular weight excluding hydrogens is 294 g/mol. The molecule has 0 unspecified atom stereocenters. The Kier molecular flexibility index (Phi) is 9.00. The Hall–Kier alpha value is -1.81. The lowest BCUT2D eigenvalue weighted by Crippen LogP contribution is -2.33. The molecule has 0 atom stereocenters. The van der Waals surface area contributed by atoms with Gasteiger partial charge in [-0.1, -0.05) is 0 Å². The van der Waals surface area contributed by atoms with Crippen LogP contribution in [0.1, 0.15) is 6.42 Å². The van der Waals surface area contributed by atoms with Crippen molar-refractivity contribution < 1.29 is 28.6 Å². The van der Waals surface area contributed by atoms with E-state index in [0.29, 0.717) is 26.4 Å². The molecule has 0 bridgehead atoms. The summed E-state index contributed by atoms with van der Waals surface area (Å²) in [5.41, 5.74) is 2.01. The van der Waals surface area contributed by atoms with Crippen LogP contribution in [0.5, 0.6) is 0 Å². The summed E-state index contributed by atoms with van der Waals surface area (Å²) in [7, 11) is 0. The first-order valence-corrected chi connectivity index (χ1v) is 6.91. The highest BCUT2D eigenvalue weighted by Gasteiger charge is 2.22. The SMILES string of the molecule is NNC(=O)CCOCCOCCOCCN1C(=O)C=CC1=O. The molecule has 0 radical (unpaired) electrons. The van der Waals surface area contributed by atoms with Gasteiger partial charge in [-0.3, -0.25) is 24.7 Å². The molecule has 0 aliphatic carbocycles. The van der Waals surface area contributed by atoms with Gasteiger partial charge in [0.05, 0.1) is 52.6 Å². The fourth-order valence-corrected chi connectivity index (χ4v) is 1.59. The Balaban J connectivity index is 1.83. The predicted octanol–water partition coefficient (Wildman–Crippen LogP) is -1.66. The van der Waals surface area contributed by atoms with E-state index in [4.69, 9.17) is 20.1 Å². The van der Waals surface area contributed by atoms with Crippen LogP contribution >= 0.6 is 0 Å². The van der Waals surface area contributed by atoms with Crippen molar-refractivity contribution in [2.24, 2.45) is 5.84 Å². The molecule has 0 aromatic carbocycles. The second-order valence-corrected chi connectivity index (χ2v) is 4.32. The summed E-state index contributed by atoms with van der Waals surface area (Å²) in [5, 5.41) is 0. The third-order valence-electron chi connectivity index (χ3n) is 2.74. The predicted molar refractivity (Wildman–Crippen MR) is 75.3 cm³/mol. The Bertz CT molecular complexity index is 395. The minimum absolute atomic E-state index is 0.211. The van der Waals surface area contributed by atoms with Crippen molar-refractivity contribution in [3.8, 4) is 0 Å². The maximum absolute atomic E-state index is 11.2. The van der Waals surface area contributed by atoms with E-state index in [1.165, 1.54) is 12.2 Å². The van der Waals surface area contributed by atoms with Crippen molar-refractivity contribution in [1.29, 1.82) is 0 Å². The molecule has 22 heavy (non-hydrogen) atoms. The van der Waals surface area contributed by atoms with Gasteiger partial charge in [0.1, 0.15) is 0 Å². The topological polar surface area (TPSA) is 120 Å². The zero-order chi connectivity index (χ0) is 16.2. The summed E-state index contributed by atoms with van der Waals surface area (Å²) >= 11 is 0. The molecule has 0 spiro atoms. The summed E-state index contributed by atoms with van der Waals surface area (Å²) in [5.74, 6) is 4.00. The number of hydrazine groups is 1. The first kappa shape index (κ1) is 18.2. The average molecular weight is 315 g/mol. The maximum atomic E-state index is 11.2. The number of nitrogens with two attached hydrogens (primary N) is 1. The van der Waals surface area contributed by atoms with E-state index in [2.05, 4.69) is 0 Å². The van der Waals surface area contributed by atoms with Crippen LogP contribution in [0.4, 0.5) is 0 Å². The molecular formula is C13H21N3O6. The third-order valence-corrected chi connectivity index (χ3v) is 2.74. The van der Waals surface area contributed by atoms with Crippen LogP contribution in [0.15, 0.2) is 12.2 Å². The van der Waals surface area contributed by atoms with Gasteiger partial charge >= 0.3 is 0 Å². The van der Waals surface area contributed by atoms with Crippen molar-refractivity contribution in [2.75, 3.05) is 46.2 Å². The van der Waals surface area contributed by atoms with Crippen molar-refractivity contribution in [3.63, 3.8) is 0 Å². The summed E-state index contributed by atoms with van der Waals surface area (Å²) < 4.78 is 15.7. The fraction of sp³-hybridized carbons (Fsp3) is 0.615. The van der Waals surface area contributed by atoms with E-state index in [1.807, 2.05) is 5.43 Å². The van der Waals surface area contributed by atoms with Crippen LogP contribution in [-0.2, 0) is 28.6 Å². The molecule has 1 rings (SSSR count). The Morgan fingerprint density at radius 2 is 1.45 bits per heavy atom. The standard InChI is InChI=1S/C13H21N3O6/c14-15-11(17)3-5-20-7-9-22-10-8-21-6-4-16-12(18)1-2-13(16)19/h1-2H,3-10,14H2,(H,15,17). The van der Waals surface area contributed by atoms with Crippen molar-refractivity contribution >= 4 is 17.7 Å². The summed E-state index contributed by atoms with van der Waals surface area (Å²) in [4.78, 5) is 34.3. The monoisotopic (exact) mass is 315 g/mol. The van der Waals surface area contributed by atoms with Gasteiger partial charge < -0.3 is 14.2 Å². The van der Waals surface area contributed by atoms with Gasteiger partial charge in [-0.05, 0) is 0 Å². The molecule has 1 heterocycles. The largest absolute Gasteiger partial charge is 0.379 e. The normalized spacial score (nSPS) is 14.0. The number of carbonyl (C=O) groups excluding carboxylic acids is 3. The van der Waals surface area contributed by atoms with Gasteiger partial charge in [-0.2, -0.15) is 0 Å². The quantitative estimate of drug-likeness (QED) is 0.145. The van der Waals surface area contributed by atoms with Gasteiger partial charge in [-0.25, -0.2) is 5.84 Å². The lowest BCUT2D eigenvalue weighted by atomic mass is 10.4. The second-order valence-electron chi connectivity index (χ2n) is 4.32. The van der Waals surface area contributed by atoms with Crippen LogP contribution in [0, 0.1) is 0 Å². The molecule has 124 valence electrons. The highest BCUT2D eigenvalue weighted by molar-refractivity contribution is 6.12. The lowest BCUT2D eigenvalue weighted by Gasteiger charge is -2.13. The van der Waals surface area contributed by atoms with E-state index < -0.39 is 0 Å². The van der Waals surface area contributed by atoms with Crippen LogP contribution < -0.4 is 11.3 Å². The van der Waals surface area contributed by atoms with Crippen molar-refractivity contribution in [3.05, 3.63) is 12.2 Å². The minimum atomic E-state index is -0.315. The van der Waals surface area contributed by atoms with Crippen LogP contribution in [0.3, 0.4) is 0 Å². The number of carbonyl (C=O) groups is 3. The van der Waals surface area contributed by atoms with Gasteiger partial charge in [0.15, 0.2) is 0 Å². The number of hydrogen-bond acceptors (Lipinski definition) is 7. The molecule has 1 aliphatic heterocycles. The second kappa shape index (κ2) is 10.9. The van der Waals surface area contributed by atoms with E-state index in [1.54, 1.807) is 0 Å². The number of nitrogens with zero attached hydrogens (tertiary/aromatic N) is 1. The Labute approximate surface area is 128 Å². The molecule has 9 nitrogen and oxygen atoms in total. The molecule has 0 saturated carbocycles. The molecule has 3 amide bonds. The summed E-state index contributed by atoms with van der Waals surface area (Å²) in [6, 6.07) is 0. The number of nitrogens with one attached hydrogen (secondary N) is 1. The number of imide groups is 1. The minimum Gasteiger partial charge on any atom is -0.379 e. The molecule has 0 saturated heterocycles. The zero-order valence-electron chi connectivity index (χ0n) is 12.3. The first-order valence-electron chi connectivity index (χ1n) is 6.91. The molecule has 9 heteroatoms. The van der Waals surface area contributed by atoms with Gasteiger partial charge in [-0.15, -0.1) is 0 Å². The van der Waals surface area contributed by atoms with Crippen LogP contribution in [-0.4, -0.2) is 68.8 Å². The van der Waals surface area contributed by atoms with E-state index >= 15 is 0 Å². The number of ether oxygens (including phenoxy) is 3. The number of hydrogen-bond donors (Lipinski definition) is 2. The average Bonchev–Trinajstić information content (AvgIpc) is 2.83. The smallest absolute Gasteiger partial charge is 0.253 e. The Morgan fingerprint density at radius 3 is 2.00 bits per heavy atom. The highest BCUT2D eigenvalue weighted by Crippen LogP contribution is 2.02. The van der Waals surface area contributed by atoms with Crippen LogP contribution in [0.25, 0.3) is 0 Å². The van der Waals surface area contributed by atoms with Gasteiger partial charge in [0.25, 0.3) is 11.8 Å². The molecule has 1 aliphatic rings. The Morgan fingerprint density at radius 1 is 0.955 bits per heavy atom. The zero-order valence-corrected chi connectivity index (χ0v) is 12.3. The lowest BCUT2D eigenvalue weighted by molar-refractivity contribution is -0.137. The molecule has 3 N–H and O–H groups in total. The molecule has 0 aromatic rings. The highest BCUT2D eigenvalue weighted by atomic mass is 16.5. The van der Waals surface area contributed by atoms with Crippen LogP contribution in [0.2, 0.25) is 0 Å². The first-order chi connectivity index (χ1) is 10.6.